The summed E-state index contributed by atoms with van der Waals surface area (Å²) in [6.07, 6.45) is 7.43. The van der Waals surface area contributed by atoms with E-state index in [0.717, 1.165) is 33.5 Å². The Hall–Kier alpha value is -3.44. The lowest BCUT2D eigenvalue weighted by Gasteiger charge is -2.22. The zero-order chi connectivity index (χ0) is 24.0. The monoisotopic (exact) mass is 483 g/mol. The molecule has 5 rings (SSSR count). The van der Waals surface area contributed by atoms with E-state index in [1.165, 1.54) is 43.2 Å². The van der Waals surface area contributed by atoms with Crippen LogP contribution in [0.2, 0.25) is 0 Å². The third-order valence-electron chi connectivity index (χ3n) is 6.72. The number of hydrogen-bond acceptors (Lipinski definition) is 4. The molecule has 1 aliphatic carbocycles. The predicted molar refractivity (Wildman–Crippen MR) is 140 cm³/mol. The van der Waals surface area contributed by atoms with Crippen LogP contribution in [0.1, 0.15) is 70.1 Å². The first-order valence-electron chi connectivity index (χ1n) is 12.2. The lowest BCUT2D eigenvalue weighted by atomic mass is 9.84. The lowest BCUT2D eigenvalue weighted by Crippen LogP contribution is -2.04. The van der Waals surface area contributed by atoms with Gasteiger partial charge in [-0.1, -0.05) is 55.7 Å². The van der Waals surface area contributed by atoms with E-state index >= 15 is 0 Å². The van der Waals surface area contributed by atoms with Crippen molar-refractivity contribution in [3.63, 3.8) is 0 Å². The van der Waals surface area contributed by atoms with Gasteiger partial charge >= 0.3 is 5.97 Å². The molecule has 35 heavy (non-hydrogen) atoms. The molecule has 0 spiro atoms. The van der Waals surface area contributed by atoms with Crippen molar-refractivity contribution in [3.05, 3.63) is 105 Å². The maximum atomic E-state index is 11.0. The maximum Gasteiger partial charge on any atom is 0.335 e. The summed E-state index contributed by atoms with van der Waals surface area (Å²) in [4.78, 5) is 15.8. The van der Waals surface area contributed by atoms with Crippen LogP contribution in [0.25, 0.3) is 11.3 Å². The minimum atomic E-state index is -0.909. The largest absolute Gasteiger partial charge is 0.489 e. The number of nitrogens with zero attached hydrogens (tertiary/aromatic N) is 1. The van der Waals surface area contributed by atoms with E-state index in [1.54, 1.807) is 23.5 Å². The van der Waals surface area contributed by atoms with E-state index in [-0.39, 0.29) is 0 Å². The van der Waals surface area contributed by atoms with Crippen LogP contribution in [0.5, 0.6) is 5.75 Å². The minimum absolute atomic E-state index is 0.298. The lowest BCUT2D eigenvalue weighted by molar-refractivity contribution is 0.0697. The van der Waals surface area contributed by atoms with Gasteiger partial charge in [-0.2, -0.15) is 0 Å². The van der Waals surface area contributed by atoms with Gasteiger partial charge in [0.1, 0.15) is 12.4 Å². The molecule has 1 N–H and O–H groups in total. The van der Waals surface area contributed by atoms with Crippen molar-refractivity contribution in [2.45, 2.75) is 51.0 Å². The topological polar surface area (TPSA) is 59.4 Å². The van der Waals surface area contributed by atoms with Crippen molar-refractivity contribution in [2.75, 3.05) is 0 Å². The highest BCUT2D eigenvalue weighted by molar-refractivity contribution is 7.10. The second-order valence-electron chi connectivity index (χ2n) is 9.19. The number of carboxylic acids is 1. The highest BCUT2D eigenvalue weighted by Crippen LogP contribution is 2.32. The summed E-state index contributed by atoms with van der Waals surface area (Å²) in [5.41, 5.74) is 6.00. The molecule has 0 unspecified atom stereocenters. The molecular weight excluding hydrogens is 454 g/mol. The number of rotatable bonds is 8. The van der Waals surface area contributed by atoms with Crippen molar-refractivity contribution in [1.29, 1.82) is 0 Å². The van der Waals surface area contributed by atoms with Gasteiger partial charge in [-0.05, 0) is 71.8 Å². The van der Waals surface area contributed by atoms with Gasteiger partial charge in [0, 0.05) is 17.4 Å². The van der Waals surface area contributed by atoms with Crippen molar-refractivity contribution in [3.8, 4) is 17.0 Å². The number of ether oxygens (including phenoxy) is 1. The van der Waals surface area contributed by atoms with E-state index in [0.29, 0.717) is 18.6 Å². The second kappa shape index (κ2) is 10.9. The van der Waals surface area contributed by atoms with Crippen LogP contribution in [-0.2, 0) is 13.0 Å². The van der Waals surface area contributed by atoms with Crippen LogP contribution in [0, 0.1) is 0 Å². The molecule has 0 saturated heterocycles. The number of hydrogen-bond donors (Lipinski definition) is 1. The maximum absolute atomic E-state index is 11.0. The molecule has 1 saturated carbocycles. The molecule has 1 aliphatic rings. The predicted octanol–water partition coefficient (Wildman–Crippen LogP) is 7.73. The molecular formula is C30H29NO3S. The third-order valence-corrected chi connectivity index (χ3v) is 7.57. The van der Waals surface area contributed by atoms with Gasteiger partial charge in [-0.3, -0.25) is 0 Å². The molecule has 1 aromatic heterocycles. The summed E-state index contributed by atoms with van der Waals surface area (Å²) < 4.78 is 6.02. The van der Waals surface area contributed by atoms with Crippen LogP contribution < -0.4 is 4.74 Å². The van der Waals surface area contributed by atoms with Gasteiger partial charge in [-0.25, -0.2) is 9.78 Å². The van der Waals surface area contributed by atoms with Crippen LogP contribution in [0.3, 0.4) is 0 Å². The first kappa shape index (κ1) is 23.3. The molecule has 0 amide bonds. The van der Waals surface area contributed by atoms with Gasteiger partial charge in [0.15, 0.2) is 0 Å². The van der Waals surface area contributed by atoms with Gasteiger partial charge in [0.25, 0.3) is 0 Å². The summed E-state index contributed by atoms with van der Waals surface area (Å²) in [5, 5.41) is 12.1. The average Bonchev–Trinajstić information content (AvgIpc) is 3.37. The molecule has 0 atom stereocenters. The van der Waals surface area contributed by atoms with Crippen molar-refractivity contribution in [1.82, 2.24) is 4.98 Å². The number of carboxylic acid groups (broad SMARTS) is 1. The molecule has 0 radical (unpaired) electrons. The minimum Gasteiger partial charge on any atom is -0.489 e. The van der Waals surface area contributed by atoms with E-state index < -0.39 is 5.97 Å². The number of aromatic carboxylic acids is 1. The SMILES string of the molecule is O=C(O)c1ccc(Cc2nc(-c3ccc(OCc4ccc(C5CCCCC5)cc4)cc3)cs2)cc1. The summed E-state index contributed by atoms with van der Waals surface area (Å²) in [6.45, 7) is 0.561. The normalized spacial score (nSPS) is 14.1. The number of thiazole rings is 1. The Morgan fingerprint density at radius 2 is 1.57 bits per heavy atom. The fourth-order valence-corrected chi connectivity index (χ4v) is 5.51. The molecule has 1 heterocycles. The third kappa shape index (κ3) is 5.98. The van der Waals surface area contributed by atoms with Crippen LogP contribution >= 0.6 is 11.3 Å². The Morgan fingerprint density at radius 3 is 2.26 bits per heavy atom. The highest BCUT2D eigenvalue weighted by atomic mass is 32.1. The molecule has 1 fully saturated rings. The van der Waals surface area contributed by atoms with Crippen molar-refractivity contribution >= 4 is 17.3 Å². The van der Waals surface area contributed by atoms with E-state index in [2.05, 4.69) is 29.6 Å². The second-order valence-corrected chi connectivity index (χ2v) is 10.1. The van der Waals surface area contributed by atoms with Crippen LogP contribution in [-0.4, -0.2) is 16.1 Å². The summed E-state index contributed by atoms with van der Waals surface area (Å²) in [6, 6.07) is 24.0. The first-order valence-corrected chi connectivity index (χ1v) is 13.1. The fourth-order valence-electron chi connectivity index (χ4n) is 4.68. The van der Waals surface area contributed by atoms with Crippen LogP contribution in [0.15, 0.2) is 78.2 Å². The smallest absolute Gasteiger partial charge is 0.335 e. The average molecular weight is 484 g/mol. The van der Waals surface area contributed by atoms with E-state index in [4.69, 9.17) is 14.8 Å². The van der Waals surface area contributed by atoms with Crippen molar-refractivity contribution < 1.29 is 14.6 Å². The molecule has 3 aromatic carbocycles. The molecule has 0 bridgehead atoms. The quantitative estimate of drug-likeness (QED) is 0.279. The Labute approximate surface area is 210 Å². The Kier molecular flexibility index (Phi) is 7.24. The standard InChI is InChI=1S/C30H29NO3S/c32-30(33)26-12-6-21(7-13-26)18-29-31-28(20-35-29)25-14-16-27(17-15-25)34-19-22-8-10-24(11-9-22)23-4-2-1-3-5-23/h6-17,20,23H,1-5,18-19H2,(H,32,33). The van der Waals surface area contributed by atoms with Gasteiger partial charge in [-0.15, -0.1) is 11.3 Å². The number of carbonyl (C=O) groups is 1. The Balaban J connectivity index is 1.15. The van der Waals surface area contributed by atoms with Gasteiger partial charge in [0.05, 0.1) is 16.3 Å². The summed E-state index contributed by atoms with van der Waals surface area (Å²) in [5.74, 6) is 0.669. The Morgan fingerprint density at radius 1 is 0.886 bits per heavy atom. The fraction of sp³-hybridized carbons (Fsp3) is 0.267. The number of benzene rings is 3. The van der Waals surface area contributed by atoms with E-state index in [9.17, 15) is 4.79 Å². The van der Waals surface area contributed by atoms with E-state index in [1.807, 2.05) is 36.4 Å². The van der Waals surface area contributed by atoms with Crippen LogP contribution in [0.4, 0.5) is 0 Å². The first-order chi connectivity index (χ1) is 17.1. The Bertz CT molecular complexity index is 1250. The highest BCUT2D eigenvalue weighted by Gasteiger charge is 2.15. The molecule has 5 heteroatoms. The molecule has 4 aromatic rings. The molecule has 178 valence electrons. The van der Waals surface area contributed by atoms with Gasteiger partial charge in [0.2, 0.25) is 0 Å². The molecule has 4 nitrogen and oxygen atoms in total. The summed E-state index contributed by atoms with van der Waals surface area (Å²) >= 11 is 1.61. The molecule has 0 aliphatic heterocycles. The zero-order valence-corrected chi connectivity index (χ0v) is 20.5. The summed E-state index contributed by atoms with van der Waals surface area (Å²) in [7, 11) is 0. The van der Waals surface area contributed by atoms with Crippen molar-refractivity contribution in [2.24, 2.45) is 0 Å². The number of aromatic nitrogens is 1. The zero-order valence-electron chi connectivity index (χ0n) is 19.7. The van der Waals surface area contributed by atoms with Gasteiger partial charge < -0.3 is 9.84 Å².